The normalized spacial score (nSPS) is 11.5. The van der Waals surface area contributed by atoms with E-state index in [-0.39, 0.29) is 11.2 Å². The molecule has 0 aliphatic carbocycles. The second-order valence-corrected chi connectivity index (χ2v) is 6.68. The van der Waals surface area contributed by atoms with Crippen molar-refractivity contribution in [2.75, 3.05) is 6.61 Å². The Hall–Kier alpha value is -2.89. The lowest BCUT2D eigenvalue weighted by Crippen LogP contribution is -2.17. The Bertz CT molecular complexity index is 837. The second-order valence-electron chi connectivity index (χ2n) is 6.68. The van der Waals surface area contributed by atoms with Gasteiger partial charge in [0.05, 0.1) is 6.61 Å². The highest BCUT2D eigenvalue weighted by atomic mass is 16.5. The van der Waals surface area contributed by atoms with Crippen LogP contribution in [0.2, 0.25) is 0 Å². The molecule has 0 amide bonds. The summed E-state index contributed by atoms with van der Waals surface area (Å²) < 4.78 is 11.2. The van der Waals surface area contributed by atoms with Crippen LogP contribution in [0.4, 0.5) is 0 Å². The molecule has 0 aliphatic rings. The largest absolute Gasteiger partial charge is 0.508 e. The molecule has 0 radical (unpaired) electrons. The van der Waals surface area contributed by atoms with Crippen molar-refractivity contribution in [1.82, 2.24) is 15.1 Å². The van der Waals surface area contributed by atoms with Crippen molar-refractivity contribution in [3.63, 3.8) is 0 Å². The fraction of sp³-hybridized carbons (Fsp3) is 0.278. The number of nitrogens with zero attached hydrogens (tertiary/aromatic N) is 3. The molecule has 124 valence electrons. The first-order valence-electron chi connectivity index (χ1n) is 7.64. The van der Waals surface area contributed by atoms with E-state index < -0.39 is 0 Å². The number of hydrogen-bond donors (Lipinski definition) is 1. The molecule has 0 spiro atoms. The van der Waals surface area contributed by atoms with E-state index in [9.17, 15) is 5.11 Å². The molecule has 3 rings (SSSR count). The molecule has 1 N–H and O–H groups in total. The first-order chi connectivity index (χ1) is 11.4. The molecule has 0 saturated carbocycles. The second kappa shape index (κ2) is 6.31. The van der Waals surface area contributed by atoms with E-state index in [4.69, 9.17) is 9.26 Å². The van der Waals surface area contributed by atoms with Crippen LogP contribution in [0.5, 0.6) is 11.6 Å². The van der Waals surface area contributed by atoms with E-state index in [1.165, 1.54) is 0 Å². The van der Waals surface area contributed by atoms with Gasteiger partial charge in [-0.3, -0.25) is 0 Å². The molecule has 1 aromatic carbocycles. The molecule has 0 atom stereocenters. The molecule has 0 unspecified atom stereocenters. The molecule has 0 aliphatic heterocycles. The fourth-order valence-electron chi connectivity index (χ4n) is 2.05. The zero-order valence-corrected chi connectivity index (χ0v) is 13.9. The summed E-state index contributed by atoms with van der Waals surface area (Å²) in [5.74, 6) is 1.32. The van der Waals surface area contributed by atoms with Gasteiger partial charge in [0.15, 0.2) is 0 Å². The molecule has 2 aromatic heterocycles. The fourth-order valence-corrected chi connectivity index (χ4v) is 2.05. The number of benzene rings is 1. The monoisotopic (exact) mass is 325 g/mol. The van der Waals surface area contributed by atoms with Gasteiger partial charge in [-0.05, 0) is 29.7 Å². The number of rotatable bonds is 4. The third-order valence-corrected chi connectivity index (χ3v) is 3.17. The van der Waals surface area contributed by atoms with Gasteiger partial charge >= 0.3 is 0 Å². The van der Waals surface area contributed by atoms with Crippen LogP contribution in [0.15, 0.2) is 47.1 Å². The molecular weight excluding hydrogens is 306 g/mol. The zero-order chi connectivity index (χ0) is 17.2. The predicted octanol–water partition coefficient (Wildman–Crippen LogP) is 3.93. The maximum Gasteiger partial charge on any atom is 0.263 e. The quantitative estimate of drug-likeness (QED) is 0.782. The van der Waals surface area contributed by atoms with Crippen molar-refractivity contribution in [3.05, 3.63) is 42.6 Å². The zero-order valence-electron chi connectivity index (χ0n) is 13.9. The van der Waals surface area contributed by atoms with Crippen molar-refractivity contribution in [1.29, 1.82) is 0 Å². The van der Waals surface area contributed by atoms with E-state index in [0.29, 0.717) is 35.3 Å². The average molecular weight is 325 g/mol. The Morgan fingerprint density at radius 1 is 1.17 bits per heavy atom. The van der Waals surface area contributed by atoms with Gasteiger partial charge in [-0.1, -0.05) is 38.1 Å². The standard InChI is InChI=1S/C18H19N3O3/c1-18(2,3)11-23-16-14(8-5-9-19-16)17-20-15(21-24-17)12-6-4-7-13(22)10-12/h4-10,22H,11H2,1-3H3. The maximum absolute atomic E-state index is 9.57. The Morgan fingerprint density at radius 2 is 2.00 bits per heavy atom. The van der Waals surface area contributed by atoms with Gasteiger partial charge in [0, 0.05) is 11.8 Å². The summed E-state index contributed by atoms with van der Waals surface area (Å²) >= 11 is 0. The number of ether oxygens (including phenoxy) is 1. The topological polar surface area (TPSA) is 81.3 Å². The summed E-state index contributed by atoms with van der Waals surface area (Å²) in [6.07, 6.45) is 1.66. The number of pyridine rings is 1. The van der Waals surface area contributed by atoms with E-state index in [2.05, 4.69) is 35.9 Å². The highest BCUT2D eigenvalue weighted by Gasteiger charge is 2.18. The van der Waals surface area contributed by atoms with Crippen LogP contribution in [0.25, 0.3) is 22.8 Å². The van der Waals surface area contributed by atoms with Gasteiger partial charge in [0.25, 0.3) is 5.89 Å². The maximum atomic E-state index is 9.57. The number of hydrogen-bond acceptors (Lipinski definition) is 6. The van der Waals surface area contributed by atoms with Gasteiger partial charge in [0.2, 0.25) is 11.7 Å². The molecule has 2 heterocycles. The van der Waals surface area contributed by atoms with Crippen molar-refractivity contribution < 1.29 is 14.4 Å². The van der Waals surface area contributed by atoms with Crippen molar-refractivity contribution in [2.24, 2.45) is 5.41 Å². The Labute approximate surface area is 140 Å². The lowest BCUT2D eigenvalue weighted by molar-refractivity contribution is 0.192. The molecule has 3 aromatic rings. The Balaban J connectivity index is 1.90. The number of phenols is 1. The van der Waals surface area contributed by atoms with Crippen LogP contribution in [0.1, 0.15) is 20.8 Å². The van der Waals surface area contributed by atoms with Crippen LogP contribution in [-0.2, 0) is 0 Å². The predicted molar refractivity (Wildman–Crippen MR) is 89.6 cm³/mol. The van der Waals surface area contributed by atoms with E-state index >= 15 is 0 Å². The summed E-state index contributed by atoms with van der Waals surface area (Å²) in [5, 5.41) is 13.5. The van der Waals surface area contributed by atoms with Crippen molar-refractivity contribution in [3.8, 4) is 34.5 Å². The number of phenolic OH excluding ortho intramolecular Hbond substituents is 1. The van der Waals surface area contributed by atoms with Crippen LogP contribution in [-0.4, -0.2) is 26.8 Å². The van der Waals surface area contributed by atoms with E-state index in [0.717, 1.165) is 0 Å². The van der Waals surface area contributed by atoms with Crippen LogP contribution < -0.4 is 4.74 Å². The highest BCUT2D eigenvalue weighted by molar-refractivity contribution is 5.63. The van der Waals surface area contributed by atoms with Gasteiger partial charge < -0.3 is 14.4 Å². The molecule has 0 fully saturated rings. The SMILES string of the molecule is CC(C)(C)COc1ncccc1-c1nc(-c2cccc(O)c2)no1. The molecule has 0 saturated heterocycles. The first kappa shape index (κ1) is 16.0. The van der Waals surface area contributed by atoms with E-state index in [1.807, 2.05) is 6.07 Å². The van der Waals surface area contributed by atoms with Gasteiger partial charge in [-0.15, -0.1) is 0 Å². The summed E-state index contributed by atoms with van der Waals surface area (Å²) in [5.41, 5.74) is 1.32. The minimum absolute atomic E-state index is 0.0103. The van der Waals surface area contributed by atoms with Crippen molar-refractivity contribution >= 4 is 0 Å². The van der Waals surface area contributed by atoms with Gasteiger partial charge in [-0.2, -0.15) is 4.98 Å². The summed E-state index contributed by atoms with van der Waals surface area (Å²) in [7, 11) is 0. The number of aromatic nitrogens is 3. The summed E-state index contributed by atoms with van der Waals surface area (Å²) in [6.45, 7) is 6.78. The minimum atomic E-state index is 0.0103. The molecule has 24 heavy (non-hydrogen) atoms. The van der Waals surface area contributed by atoms with E-state index in [1.54, 1.807) is 36.5 Å². The first-order valence-corrected chi connectivity index (χ1v) is 7.64. The molecule has 6 heteroatoms. The molecule has 6 nitrogen and oxygen atoms in total. The smallest absolute Gasteiger partial charge is 0.263 e. The lowest BCUT2D eigenvalue weighted by Gasteiger charge is -2.18. The highest BCUT2D eigenvalue weighted by Crippen LogP contribution is 2.30. The average Bonchev–Trinajstić information content (AvgIpc) is 3.02. The van der Waals surface area contributed by atoms with Gasteiger partial charge in [-0.25, -0.2) is 4.98 Å². The van der Waals surface area contributed by atoms with Crippen LogP contribution >= 0.6 is 0 Å². The van der Waals surface area contributed by atoms with Crippen molar-refractivity contribution in [2.45, 2.75) is 20.8 Å². The summed E-state index contributed by atoms with van der Waals surface area (Å²) in [4.78, 5) is 8.65. The third kappa shape index (κ3) is 3.71. The van der Waals surface area contributed by atoms with Crippen LogP contribution in [0.3, 0.4) is 0 Å². The molecular formula is C18H19N3O3. The Kier molecular flexibility index (Phi) is 4.20. The van der Waals surface area contributed by atoms with Gasteiger partial charge in [0.1, 0.15) is 11.3 Å². The summed E-state index contributed by atoms with van der Waals surface area (Å²) in [6, 6.07) is 10.3. The molecule has 0 bridgehead atoms. The lowest BCUT2D eigenvalue weighted by atomic mass is 9.99. The number of aromatic hydroxyl groups is 1. The van der Waals surface area contributed by atoms with Crippen LogP contribution in [0, 0.1) is 5.41 Å². The Morgan fingerprint density at radius 3 is 2.75 bits per heavy atom. The minimum Gasteiger partial charge on any atom is -0.508 e. The third-order valence-electron chi connectivity index (χ3n) is 3.17.